The highest BCUT2D eigenvalue weighted by molar-refractivity contribution is 5.44. The van der Waals surface area contributed by atoms with E-state index in [1.165, 1.54) is 6.20 Å². The van der Waals surface area contributed by atoms with E-state index in [0.717, 1.165) is 24.0 Å². The second-order valence-corrected chi connectivity index (χ2v) is 3.40. The highest BCUT2D eigenvalue weighted by atomic mass is 16.6. The molecule has 0 spiro atoms. The van der Waals surface area contributed by atoms with Crippen LogP contribution in [0.4, 0.5) is 5.69 Å². The molecule has 0 bridgehead atoms. The molecule has 1 fully saturated rings. The van der Waals surface area contributed by atoms with Gasteiger partial charge in [-0.25, -0.2) is 0 Å². The molecule has 1 aliphatic carbocycles. The molecule has 0 atom stereocenters. The molecule has 13 heavy (non-hydrogen) atoms. The van der Waals surface area contributed by atoms with Crippen LogP contribution in [0.3, 0.4) is 0 Å². The molecule has 0 N–H and O–H groups in total. The van der Waals surface area contributed by atoms with Gasteiger partial charge in [0.05, 0.1) is 4.92 Å². The van der Waals surface area contributed by atoms with E-state index in [9.17, 15) is 10.1 Å². The first-order chi connectivity index (χ1) is 6.20. The van der Waals surface area contributed by atoms with E-state index >= 15 is 0 Å². The van der Waals surface area contributed by atoms with Crippen LogP contribution in [0, 0.1) is 17.0 Å². The van der Waals surface area contributed by atoms with Crippen molar-refractivity contribution in [3.8, 4) is 0 Å². The molecule has 4 heteroatoms. The van der Waals surface area contributed by atoms with Gasteiger partial charge in [0.2, 0.25) is 0 Å². The molecule has 0 aromatic carbocycles. The Morgan fingerprint density at radius 1 is 1.54 bits per heavy atom. The molecule has 0 saturated heterocycles. The Labute approximate surface area is 75.8 Å². The van der Waals surface area contributed by atoms with Crippen LogP contribution >= 0.6 is 0 Å². The van der Waals surface area contributed by atoms with Gasteiger partial charge >= 0.3 is 0 Å². The lowest BCUT2D eigenvalue weighted by Crippen LogP contribution is -1.96. The maximum Gasteiger partial charge on any atom is 0.290 e. The van der Waals surface area contributed by atoms with Crippen molar-refractivity contribution in [2.75, 3.05) is 0 Å². The van der Waals surface area contributed by atoms with Crippen molar-refractivity contribution in [1.82, 2.24) is 4.98 Å². The van der Waals surface area contributed by atoms with Crippen molar-refractivity contribution in [1.29, 1.82) is 0 Å². The highest BCUT2D eigenvalue weighted by Gasteiger charge is 2.28. The Kier molecular flexibility index (Phi) is 1.76. The minimum absolute atomic E-state index is 0.143. The number of hydrogen-bond donors (Lipinski definition) is 0. The highest BCUT2D eigenvalue weighted by Crippen LogP contribution is 2.42. The third kappa shape index (κ3) is 1.39. The van der Waals surface area contributed by atoms with Crippen LogP contribution in [0.15, 0.2) is 12.4 Å². The van der Waals surface area contributed by atoms with Gasteiger partial charge in [-0.3, -0.25) is 15.1 Å². The van der Waals surface area contributed by atoms with E-state index in [1.807, 2.05) is 0 Å². The Hall–Kier alpha value is -1.45. The lowest BCUT2D eigenvalue weighted by atomic mass is 10.1. The first-order valence-corrected chi connectivity index (χ1v) is 4.29. The van der Waals surface area contributed by atoms with Gasteiger partial charge < -0.3 is 0 Å². The maximum absolute atomic E-state index is 10.6. The minimum atomic E-state index is -0.367. The maximum atomic E-state index is 10.6. The number of hydrogen-bond acceptors (Lipinski definition) is 3. The molecular formula is C9H10N2O2. The van der Waals surface area contributed by atoms with Crippen molar-refractivity contribution in [2.45, 2.75) is 25.7 Å². The molecule has 4 nitrogen and oxygen atoms in total. The van der Waals surface area contributed by atoms with E-state index in [4.69, 9.17) is 0 Å². The van der Waals surface area contributed by atoms with Crippen LogP contribution in [-0.2, 0) is 0 Å². The van der Waals surface area contributed by atoms with Crippen LogP contribution in [-0.4, -0.2) is 9.91 Å². The summed E-state index contributed by atoms with van der Waals surface area (Å²) in [4.78, 5) is 14.1. The predicted octanol–water partition coefficient (Wildman–Crippen LogP) is 2.18. The van der Waals surface area contributed by atoms with E-state index in [0.29, 0.717) is 5.92 Å². The lowest BCUT2D eigenvalue weighted by molar-refractivity contribution is -0.385. The Bertz CT molecular complexity index is 359. The third-order valence-corrected chi connectivity index (χ3v) is 2.44. The average molecular weight is 178 g/mol. The Morgan fingerprint density at radius 3 is 2.77 bits per heavy atom. The summed E-state index contributed by atoms with van der Waals surface area (Å²) in [6.45, 7) is 1.80. The van der Waals surface area contributed by atoms with Gasteiger partial charge in [0.1, 0.15) is 6.20 Å². The van der Waals surface area contributed by atoms with Crippen LogP contribution in [0.2, 0.25) is 0 Å². The fourth-order valence-corrected chi connectivity index (χ4v) is 1.52. The van der Waals surface area contributed by atoms with Gasteiger partial charge in [0, 0.05) is 11.8 Å². The molecule has 0 unspecified atom stereocenters. The molecular weight excluding hydrogens is 168 g/mol. The van der Waals surface area contributed by atoms with E-state index < -0.39 is 0 Å². The molecule has 1 aromatic heterocycles. The third-order valence-electron chi connectivity index (χ3n) is 2.44. The number of aromatic nitrogens is 1. The minimum Gasteiger partial charge on any atom is -0.258 e. The summed E-state index contributed by atoms with van der Waals surface area (Å²) in [7, 11) is 0. The molecule has 68 valence electrons. The summed E-state index contributed by atoms with van der Waals surface area (Å²) in [5.74, 6) is 0.521. The monoisotopic (exact) mass is 178 g/mol. The predicted molar refractivity (Wildman–Crippen MR) is 47.6 cm³/mol. The zero-order chi connectivity index (χ0) is 9.42. The quantitative estimate of drug-likeness (QED) is 0.515. The molecule has 1 aromatic rings. The fourth-order valence-electron chi connectivity index (χ4n) is 1.52. The van der Waals surface area contributed by atoms with Crippen LogP contribution < -0.4 is 0 Å². The largest absolute Gasteiger partial charge is 0.290 e. The number of rotatable bonds is 2. The van der Waals surface area contributed by atoms with Gasteiger partial charge in [-0.05, 0) is 31.2 Å². The summed E-state index contributed by atoms with van der Waals surface area (Å²) in [5.41, 5.74) is 1.97. The van der Waals surface area contributed by atoms with Crippen molar-refractivity contribution in [3.05, 3.63) is 33.6 Å². The SMILES string of the molecule is Cc1c(C2CC2)cncc1[N+](=O)[O-]. The van der Waals surface area contributed by atoms with Crippen molar-refractivity contribution in [2.24, 2.45) is 0 Å². The van der Waals surface area contributed by atoms with Crippen LogP contribution in [0.1, 0.15) is 29.9 Å². The summed E-state index contributed by atoms with van der Waals surface area (Å²) < 4.78 is 0. The number of nitro groups is 1. The van der Waals surface area contributed by atoms with E-state index in [-0.39, 0.29) is 10.6 Å². The first-order valence-electron chi connectivity index (χ1n) is 4.29. The molecule has 1 heterocycles. The summed E-state index contributed by atoms with van der Waals surface area (Å²) in [5, 5.41) is 10.6. The lowest BCUT2D eigenvalue weighted by Gasteiger charge is -2.02. The first kappa shape index (κ1) is 8.16. The molecule has 1 aliphatic rings. The summed E-state index contributed by atoms with van der Waals surface area (Å²) in [6, 6.07) is 0. The van der Waals surface area contributed by atoms with Crippen molar-refractivity contribution < 1.29 is 4.92 Å². The fraction of sp³-hybridized carbons (Fsp3) is 0.444. The number of pyridine rings is 1. The van der Waals surface area contributed by atoms with E-state index in [1.54, 1.807) is 13.1 Å². The van der Waals surface area contributed by atoms with Gasteiger partial charge in [-0.15, -0.1) is 0 Å². The number of nitrogens with zero attached hydrogens (tertiary/aromatic N) is 2. The standard InChI is InChI=1S/C9H10N2O2/c1-6-8(7-2-3-7)4-10-5-9(6)11(12)13/h4-5,7H,2-3H2,1H3. The second kappa shape index (κ2) is 2.80. The summed E-state index contributed by atoms with van der Waals surface area (Å²) in [6.07, 6.45) is 5.36. The van der Waals surface area contributed by atoms with Crippen molar-refractivity contribution >= 4 is 5.69 Å². The Morgan fingerprint density at radius 2 is 2.23 bits per heavy atom. The average Bonchev–Trinajstić information content (AvgIpc) is 2.87. The van der Waals surface area contributed by atoms with Gasteiger partial charge in [0.25, 0.3) is 5.69 Å². The molecule has 1 saturated carbocycles. The van der Waals surface area contributed by atoms with Gasteiger partial charge in [0.15, 0.2) is 0 Å². The smallest absolute Gasteiger partial charge is 0.258 e. The van der Waals surface area contributed by atoms with E-state index in [2.05, 4.69) is 4.98 Å². The zero-order valence-corrected chi connectivity index (χ0v) is 7.36. The zero-order valence-electron chi connectivity index (χ0n) is 7.36. The van der Waals surface area contributed by atoms with Crippen LogP contribution in [0.5, 0.6) is 0 Å². The second-order valence-electron chi connectivity index (χ2n) is 3.40. The summed E-state index contributed by atoms with van der Waals surface area (Å²) >= 11 is 0. The molecule has 2 rings (SSSR count). The van der Waals surface area contributed by atoms with Crippen molar-refractivity contribution in [3.63, 3.8) is 0 Å². The van der Waals surface area contributed by atoms with Gasteiger partial charge in [-0.2, -0.15) is 0 Å². The Balaban J connectivity index is 2.47. The van der Waals surface area contributed by atoms with Crippen LogP contribution in [0.25, 0.3) is 0 Å². The normalized spacial score (nSPS) is 15.8. The molecule has 0 amide bonds. The topological polar surface area (TPSA) is 56.0 Å². The van der Waals surface area contributed by atoms with Gasteiger partial charge in [-0.1, -0.05) is 0 Å². The molecule has 0 radical (unpaired) electrons. The molecule has 0 aliphatic heterocycles.